The number of H-pyrrole nitrogens is 1. The van der Waals surface area contributed by atoms with Crippen molar-refractivity contribution in [2.24, 2.45) is 0 Å². The standard InChI is InChI=1S/C16H22N8O/c1-4-23-10-18-21-15(23)5-6-17-16(25)14-8-13(19-20-14)9-24-12(3)7-11(2)22-24/h7-8,10H,4-6,9H2,1-3H3,(H,17,25)(H,19,20). The minimum atomic E-state index is -0.210. The van der Waals surface area contributed by atoms with Crippen molar-refractivity contribution in [2.75, 3.05) is 6.54 Å². The molecule has 132 valence electrons. The lowest BCUT2D eigenvalue weighted by molar-refractivity contribution is 0.0949. The fourth-order valence-electron chi connectivity index (χ4n) is 2.67. The maximum absolute atomic E-state index is 12.2. The Labute approximate surface area is 145 Å². The van der Waals surface area contributed by atoms with Gasteiger partial charge >= 0.3 is 0 Å². The van der Waals surface area contributed by atoms with Crippen molar-refractivity contribution in [3.05, 3.63) is 47.1 Å². The molecule has 0 spiro atoms. The molecule has 3 rings (SSSR count). The topological polar surface area (TPSA) is 106 Å². The third-order valence-electron chi connectivity index (χ3n) is 3.96. The Hall–Kier alpha value is -2.97. The Morgan fingerprint density at radius 1 is 1.32 bits per heavy atom. The second-order valence-electron chi connectivity index (χ2n) is 5.90. The number of aryl methyl sites for hydroxylation is 3. The number of hydrogen-bond donors (Lipinski definition) is 2. The molecule has 0 saturated carbocycles. The lowest BCUT2D eigenvalue weighted by Crippen LogP contribution is -2.26. The van der Waals surface area contributed by atoms with Crippen LogP contribution >= 0.6 is 0 Å². The van der Waals surface area contributed by atoms with Crippen molar-refractivity contribution in [2.45, 2.75) is 40.3 Å². The van der Waals surface area contributed by atoms with Gasteiger partial charge in [-0.15, -0.1) is 10.2 Å². The van der Waals surface area contributed by atoms with Gasteiger partial charge in [-0.3, -0.25) is 14.6 Å². The monoisotopic (exact) mass is 342 g/mol. The van der Waals surface area contributed by atoms with Crippen molar-refractivity contribution in [1.82, 2.24) is 40.1 Å². The van der Waals surface area contributed by atoms with Gasteiger partial charge in [-0.2, -0.15) is 10.2 Å². The van der Waals surface area contributed by atoms with E-state index in [4.69, 9.17) is 0 Å². The van der Waals surface area contributed by atoms with E-state index in [0.717, 1.165) is 29.5 Å². The normalized spacial score (nSPS) is 11.0. The number of carbonyl (C=O) groups is 1. The van der Waals surface area contributed by atoms with Gasteiger partial charge in [0.1, 0.15) is 17.8 Å². The molecule has 0 atom stereocenters. The van der Waals surface area contributed by atoms with Gasteiger partial charge in [0.25, 0.3) is 5.91 Å². The molecule has 9 heteroatoms. The highest BCUT2D eigenvalue weighted by atomic mass is 16.1. The number of nitrogens with zero attached hydrogens (tertiary/aromatic N) is 6. The average Bonchev–Trinajstić information content (AvgIpc) is 3.29. The Morgan fingerprint density at radius 2 is 2.16 bits per heavy atom. The minimum Gasteiger partial charge on any atom is -0.350 e. The summed E-state index contributed by atoms with van der Waals surface area (Å²) in [5.41, 5.74) is 3.24. The second-order valence-corrected chi connectivity index (χ2v) is 5.90. The van der Waals surface area contributed by atoms with E-state index in [2.05, 4.69) is 30.8 Å². The van der Waals surface area contributed by atoms with Crippen LogP contribution in [0, 0.1) is 13.8 Å². The summed E-state index contributed by atoms with van der Waals surface area (Å²) in [6, 6.07) is 3.76. The summed E-state index contributed by atoms with van der Waals surface area (Å²) < 4.78 is 3.83. The largest absolute Gasteiger partial charge is 0.350 e. The molecule has 0 radical (unpaired) electrons. The minimum absolute atomic E-state index is 0.210. The summed E-state index contributed by atoms with van der Waals surface area (Å²) in [5.74, 6) is 0.647. The molecule has 0 fully saturated rings. The highest BCUT2D eigenvalue weighted by molar-refractivity contribution is 5.92. The molecule has 9 nitrogen and oxygen atoms in total. The molecule has 3 aromatic heterocycles. The third-order valence-corrected chi connectivity index (χ3v) is 3.96. The first-order valence-corrected chi connectivity index (χ1v) is 8.27. The SMILES string of the molecule is CCn1cnnc1CCNC(=O)c1cc(Cn2nc(C)cc2C)[nH]n1. The molecule has 2 N–H and O–H groups in total. The first kappa shape index (κ1) is 16.9. The summed E-state index contributed by atoms with van der Waals surface area (Å²) in [7, 11) is 0. The molecular weight excluding hydrogens is 320 g/mol. The summed E-state index contributed by atoms with van der Waals surface area (Å²) in [5, 5.41) is 22.2. The number of nitrogens with one attached hydrogen (secondary N) is 2. The zero-order valence-corrected chi connectivity index (χ0v) is 14.7. The van der Waals surface area contributed by atoms with Crippen LogP contribution in [-0.2, 0) is 19.5 Å². The number of aromatic amines is 1. The summed E-state index contributed by atoms with van der Waals surface area (Å²) >= 11 is 0. The fourth-order valence-corrected chi connectivity index (χ4v) is 2.67. The lowest BCUT2D eigenvalue weighted by Gasteiger charge is -2.04. The van der Waals surface area contributed by atoms with Gasteiger partial charge in [-0.25, -0.2) is 0 Å². The lowest BCUT2D eigenvalue weighted by atomic mass is 10.3. The van der Waals surface area contributed by atoms with E-state index in [1.165, 1.54) is 0 Å². The molecule has 0 unspecified atom stereocenters. The molecule has 0 aliphatic carbocycles. The fraction of sp³-hybridized carbons (Fsp3) is 0.438. The quantitative estimate of drug-likeness (QED) is 0.662. The maximum atomic E-state index is 12.2. The van der Waals surface area contributed by atoms with Gasteiger partial charge in [0.15, 0.2) is 0 Å². The first-order valence-electron chi connectivity index (χ1n) is 8.27. The molecule has 0 aromatic carbocycles. The number of carbonyl (C=O) groups excluding carboxylic acids is 1. The van der Waals surface area contributed by atoms with E-state index < -0.39 is 0 Å². The molecule has 0 saturated heterocycles. The van der Waals surface area contributed by atoms with Gasteiger partial charge in [0.2, 0.25) is 0 Å². The second kappa shape index (κ2) is 7.29. The van der Waals surface area contributed by atoms with Crippen molar-refractivity contribution < 1.29 is 4.79 Å². The van der Waals surface area contributed by atoms with Gasteiger partial charge in [-0.05, 0) is 32.9 Å². The number of aromatic nitrogens is 7. The van der Waals surface area contributed by atoms with Crippen LogP contribution in [0.2, 0.25) is 0 Å². The number of rotatable bonds is 7. The molecule has 25 heavy (non-hydrogen) atoms. The van der Waals surface area contributed by atoms with Gasteiger partial charge in [0, 0.05) is 25.2 Å². The highest BCUT2D eigenvalue weighted by Crippen LogP contribution is 2.07. The van der Waals surface area contributed by atoms with E-state index in [9.17, 15) is 4.79 Å². The Kier molecular flexibility index (Phi) is 4.92. The van der Waals surface area contributed by atoms with Crippen LogP contribution in [0.15, 0.2) is 18.5 Å². The Balaban J connectivity index is 1.54. The van der Waals surface area contributed by atoms with Crippen LogP contribution in [0.4, 0.5) is 0 Å². The van der Waals surface area contributed by atoms with E-state index in [1.807, 2.05) is 36.1 Å². The molecule has 0 aliphatic rings. The summed E-state index contributed by atoms with van der Waals surface area (Å²) in [4.78, 5) is 12.2. The van der Waals surface area contributed by atoms with Gasteiger partial charge in [0.05, 0.1) is 17.9 Å². The Bertz CT molecular complexity index is 859. The summed E-state index contributed by atoms with van der Waals surface area (Å²) in [6.45, 7) is 7.83. The van der Waals surface area contributed by atoms with Gasteiger partial charge in [-0.1, -0.05) is 0 Å². The maximum Gasteiger partial charge on any atom is 0.271 e. The molecular formula is C16H22N8O. The zero-order valence-electron chi connectivity index (χ0n) is 14.7. The molecule has 0 bridgehead atoms. The van der Waals surface area contributed by atoms with Crippen LogP contribution in [0.1, 0.15) is 40.3 Å². The van der Waals surface area contributed by atoms with E-state index in [0.29, 0.717) is 25.2 Å². The highest BCUT2D eigenvalue weighted by Gasteiger charge is 2.12. The summed E-state index contributed by atoms with van der Waals surface area (Å²) in [6.07, 6.45) is 2.32. The van der Waals surface area contributed by atoms with Crippen LogP contribution in [-0.4, -0.2) is 47.2 Å². The number of amides is 1. The van der Waals surface area contributed by atoms with Crippen molar-refractivity contribution in [1.29, 1.82) is 0 Å². The van der Waals surface area contributed by atoms with Crippen LogP contribution in [0.25, 0.3) is 0 Å². The molecule has 3 heterocycles. The molecule has 1 amide bonds. The van der Waals surface area contributed by atoms with E-state index >= 15 is 0 Å². The third kappa shape index (κ3) is 3.93. The van der Waals surface area contributed by atoms with Crippen LogP contribution in [0.3, 0.4) is 0 Å². The van der Waals surface area contributed by atoms with Crippen LogP contribution in [0.5, 0.6) is 0 Å². The smallest absolute Gasteiger partial charge is 0.271 e. The zero-order chi connectivity index (χ0) is 17.8. The first-order chi connectivity index (χ1) is 12.1. The van der Waals surface area contributed by atoms with Crippen LogP contribution < -0.4 is 5.32 Å². The molecule has 0 aliphatic heterocycles. The number of hydrogen-bond acceptors (Lipinski definition) is 5. The van der Waals surface area contributed by atoms with Crippen molar-refractivity contribution in [3.8, 4) is 0 Å². The molecule has 3 aromatic rings. The average molecular weight is 342 g/mol. The van der Waals surface area contributed by atoms with E-state index in [1.54, 1.807) is 12.4 Å². The van der Waals surface area contributed by atoms with Gasteiger partial charge < -0.3 is 9.88 Å². The van der Waals surface area contributed by atoms with Crippen molar-refractivity contribution >= 4 is 5.91 Å². The van der Waals surface area contributed by atoms with Crippen molar-refractivity contribution in [3.63, 3.8) is 0 Å². The Morgan fingerprint density at radius 3 is 2.88 bits per heavy atom. The predicted molar refractivity (Wildman–Crippen MR) is 91.1 cm³/mol. The van der Waals surface area contributed by atoms with E-state index in [-0.39, 0.29) is 5.91 Å². The predicted octanol–water partition coefficient (Wildman–Crippen LogP) is 0.855.